The molecule has 15 heavy (non-hydrogen) atoms. The summed E-state index contributed by atoms with van der Waals surface area (Å²) in [6, 6.07) is 0. The zero-order valence-corrected chi connectivity index (χ0v) is 10.8. The Balaban J connectivity index is 0.00000112. The lowest BCUT2D eigenvalue weighted by molar-refractivity contribution is 0.683. The van der Waals surface area contributed by atoms with E-state index in [9.17, 15) is 0 Å². The Kier molecular flexibility index (Phi) is 5.58. The highest BCUT2D eigenvalue weighted by molar-refractivity contribution is 7.09. The van der Waals surface area contributed by atoms with Crippen LogP contribution in [0.4, 0.5) is 0 Å². The minimum atomic E-state index is 0. The van der Waals surface area contributed by atoms with Gasteiger partial charge in [0.05, 0.1) is 5.69 Å². The first-order chi connectivity index (χ1) is 6.90. The van der Waals surface area contributed by atoms with Gasteiger partial charge in [-0.15, -0.1) is 23.7 Å². The second kappa shape index (κ2) is 6.46. The van der Waals surface area contributed by atoms with Gasteiger partial charge < -0.3 is 5.32 Å². The molecule has 1 fully saturated rings. The van der Waals surface area contributed by atoms with E-state index in [0.717, 1.165) is 19.0 Å². The fraction of sp³-hybridized carbons (Fsp3) is 0.727. The Morgan fingerprint density at radius 1 is 1.47 bits per heavy atom. The quantitative estimate of drug-likeness (QED) is 0.882. The van der Waals surface area contributed by atoms with Gasteiger partial charge in [0.15, 0.2) is 0 Å². The zero-order chi connectivity index (χ0) is 9.80. The molecule has 1 saturated carbocycles. The van der Waals surface area contributed by atoms with E-state index < -0.39 is 0 Å². The van der Waals surface area contributed by atoms with Crippen LogP contribution in [-0.2, 0) is 6.54 Å². The average Bonchev–Trinajstić information content (AvgIpc) is 2.85. The van der Waals surface area contributed by atoms with Crippen LogP contribution < -0.4 is 5.32 Å². The van der Waals surface area contributed by atoms with Crippen molar-refractivity contribution in [2.24, 2.45) is 0 Å². The molecule has 0 atom stereocenters. The van der Waals surface area contributed by atoms with Gasteiger partial charge in [-0.25, -0.2) is 4.98 Å². The molecule has 1 aromatic heterocycles. The van der Waals surface area contributed by atoms with E-state index in [2.05, 4.69) is 22.6 Å². The second-order valence-corrected chi connectivity index (χ2v) is 4.87. The first kappa shape index (κ1) is 12.9. The van der Waals surface area contributed by atoms with Crippen LogP contribution in [0.3, 0.4) is 0 Å². The number of halogens is 1. The molecule has 0 aliphatic heterocycles. The molecule has 0 saturated heterocycles. The van der Waals surface area contributed by atoms with E-state index in [-0.39, 0.29) is 12.4 Å². The lowest BCUT2D eigenvalue weighted by Crippen LogP contribution is -2.11. The van der Waals surface area contributed by atoms with Crippen molar-refractivity contribution in [3.63, 3.8) is 0 Å². The molecule has 1 heterocycles. The van der Waals surface area contributed by atoms with Gasteiger partial charge in [-0.3, -0.25) is 0 Å². The van der Waals surface area contributed by atoms with E-state index in [1.165, 1.54) is 36.4 Å². The van der Waals surface area contributed by atoms with Gasteiger partial charge in [0.2, 0.25) is 0 Å². The second-order valence-electron chi connectivity index (χ2n) is 3.93. The summed E-state index contributed by atoms with van der Waals surface area (Å²) in [6.45, 7) is 4.09. The summed E-state index contributed by atoms with van der Waals surface area (Å²) in [5, 5.41) is 6.81. The molecule has 0 spiro atoms. The maximum absolute atomic E-state index is 4.69. The van der Waals surface area contributed by atoms with Crippen molar-refractivity contribution in [3.8, 4) is 0 Å². The molecule has 0 unspecified atom stereocenters. The van der Waals surface area contributed by atoms with Crippen molar-refractivity contribution in [2.45, 2.75) is 45.1 Å². The number of thiazole rings is 1. The molecular formula is C11H19ClN2S. The zero-order valence-electron chi connectivity index (χ0n) is 9.16. The van der Waals surface area contributed by atoms with E-state index in [1.54, 1.807) is 11.3 Å². The summed E-state index contributed by atoms with van der Waals surface area (Å²) in [7, 11) is 0. The Morgan fingerprint density at radius 3 is 2.87 bits per heavy atom. The Hall–Kier alpha value is -0.120. The van der Waals surface area contributed by atoms with Gasteiger partial charge in [-0.1, -0.05) is 19.8 Å². The lowest BCUT2D eigenvalue weighted by atomic mass is 10.1. The topological polar surface area (TPSA) is 24.9 Å². The maximum atomic E-state index is 4.69. The molecule has 2 nitrogen and oxygen atoms in total. The Bertz CT molecular complexity index is 282. The maximum Gasteiger partial charge on any atom is 0.107 e. The minimum absolute atomic E-state index is 0. The molecule has 0 bridgehead atoms. The SMILES string of the molecule is CCNCc1nc(C2CCCC2)cs1.Cl. The van der Waals surface area contributed by atoms with Gasteiger partial charge in [-0.05, 0) is 19.4 Å². The normalized spacial score (nSPS) is 16.6. The highest BCUT2D eigenvalue weighted by Crippen LogP contribution is 2.34. The van der Waals surface area contributed by atoms with Crippen LogP contribution in [0.2, 0.25) is 0 Å². The fourth-order valence-corrected chi connectivity index (χ4v) is 2.89. The third-order valence-electron chi connectivity index (χ3n) is 2.87. The van der Waals surface area contributed by atoms with Gasteiger partial charge in [-0.2, -0.15) is 0 Å². The molecule has 0 amide bonds. The molecule has 1 aliphatic rings. The number of rotatable bonds is 4. The average molecular weight is 247 g/mol. The van der Waals surface area contributed by atoms with E-state index >= 15 is 0 Å². The van der Waals surface area contributed by atoms with Crippen molar-refractivity contribution in [2.75, 3.05) is 6.54 Å². The molecule has 1 aliphatic carbocycles. The Labute approximate surface area is 102 Å². The largest absolute Gasteiger partial charge is 0.311 e. The van der Waals surface area contributed by atoms with Crippen LogP contribution >= 0.6 is 23.7 Å². The summed E-state index contributed by atoms with van der Waals surface area (Å²) in [6.07, 6.45) is 5.49. The first-order valence-corrected chi connectivity index (χ1v) is 6.43. The molecule has 1 N–H and O–H groups in total. The van der Waals surface area contributed by atoms with Crippen molar-refractivity contribution in [1.82, 2.24) is 10.3 Å². The number of nitrogens with zero attached hydrogens (tertiary/aromatic N) is 1. The number of nitrogens with one attached hydrogen (secondary N) is 1. The van der Waals surface area contributed by atoms with Crippen molar-refractivity contribution < 1.29 is 0 Å². The van der Waals surface area contributed by atoms with Gasteiger partial charge in [0, 0.05) is 17.8 Å². The van der Waals surface area contributed by atoms with Gasteiger partial charge in [0.1, 0.15) is 5.01 Å². The summed E-state index contributed by atoms with van der Waals surface area (Å²) in [5.41, 5.74) is 1.35. The van der Waals surface area contributed by atoms with Crippen LogP contribution in [0.25, 0.3) is 0 Å². The lowest BCUT2D eigenvalue weighted by Gasteiger charge is -2.03. The van der Waals surface area contributed by atoms with Gasteiger partial charge >= 0.3 is 0 Å². The monoisotopic (exact) mass is 246 g/mol. The molecule has 2 rings (SSSR count). The number of aromatic nitrogens is 1. The highest BCUT2D eigenvalue weighted by atomic mass is 35.5. The van der Waals surface area contributed by atoms with E-state index in [0.29, 0.717) is 0 Å². The third-order valence-corrected chi connectivity index (χ3v) is 3.74. The molecule has 0 radical (unpaired) electrons. The van der Waals surface area contributed by atoms with Crippen LogP contribution in [0.15, 0.2) is 5.38 Å². The summed E-state index contributed by atoms with van der Waals surface area (Å²) < 4.78 is 0. The minimum Gasteiger partial charge on any atom is -0.311 e. The van der Waals surface area contributed by atoms with Crippen LogP contribution in [0, 0.1) is 0 Å². The molecule has 86 valence electrons. The van der Waals surface area contributed by atoms with Crippen LogP contribution in [-0.4, -0.2) is 11.5 Å². The Morgan fingerprint density at radius 2 is 2.20 bits per heavy atom. The van der Waals surface area contributed by atoms with Crippen molar-refractivity contribution in [1.29, 1.82) is 0 Å². The highest BCUT2D eigenvalue weighted by Gasteiger charge is 2.19. The summed E-state index contributed by atoms with van der Waals surface area (Å²) in [5.74, 6) is 0.765. The summed E-state index contributed by atoms with van der Waals surface area (Å²) >= 11 is 1.80. The molecule has 1 aromatic rings. The molecule has 0 aromatic carbocycles. The van der Waals surface area contributed by atoms with Crippen LogP contribution in [0.1, 0.15) is 49.2 Å². The van der Waals surface area contributed by atoms with E-state index in [4.69, 9.17) is 0 Å². The number of hydrogen-bond acceptors (Lipinski definition) is 3. The summed E-state index contributed by atoms with van der Waals surface area (Å²) in [4.78, 5) is 4.69. The first-order valence-electron chi connectivity index (χ1n) is 5.55. The predicted octanol–water partition coefficient (Wildman–Crippen LogP) is 3.33. The predicted molar refractivity (Wildman–Crippen MR) is 68.0 cm³/mol. The molecular weight excluding hydrogens is 228 g/mol. The fourth-order valence-electron chi connectivity index (χ4n) is 2.05. The van der Waals surface area contributed by atoms with E-state index in [1.807, 2.05) is 0 Å². The smallest absolute Gasteiger partial charge is 0.107 e. The van der Waals surface area contributed by atoms with Gasteiger partial charge in [0.25, 0.3) is 0 Å². The third kappa shape index (κ3) is 3.44. The van der Waals surface area contributed by atoms with Crippen molar-refractivity contribution in [3.05, 3.63) is 16.1 Å². The number of hydrogen-bond donors (Lipinski definition) is 1. The standard InChI is InChI=1S/C11H18N2S.ClH/c1-2-12-7-11-13-10(8-14-11)9-5-3-4-6-9;/h8-9,12H,2-7H2,1H3;1H. The van der Waals surface area contributed by atoms with Crippen molar-refractivity contribution >= 4 is 23.7 Å². The van der Waals surface area contributed by atoms with Crippen LogP contribution in [0.5, 0.6) is 0 Å². The molecule has 4 heteroatoms.